The minimum absolute atomic E-state index is 0.426. The third-order valence-electron chi connectivity index (χ3n) is 1.62. The molecule has 1 heterocycles. The average molecular weight is 154 g/mol. The molecule has 4 heteroatoms. The molecule has 0 saturated carbocycles. The summed E-state index contributed by atoms with van der Waals surface area (Å²) in [6, 6.07) is 0. The quantitative estimate of drug-likeness (QED) is 0.368. The molecule has 0 aromatic heterocycles. The van der Waals surface area contributed by atoms with Crippen molar-refractivity contribution in [2.24, 2.45) is 5.73 Å². The van der Waals surface area contributed by atoms with Crippen LogP contribution in [-0.4, -0.2) is 24.7 Å². The van der Waals surface area contributed by atoms with Gasteiger partial charge >= 0.3 is 0 Å². The fraction of sp³-hybridized carbons (Fsp3) is 0.429. The van der Waals surface area contributed by atoms with Gasteiger partial charge in [0.05, 0.1) is 6.54 Å². The lowest BCUT2D eigenvalue weighted by molar-refractivity contribution is -0.117. The molecule has 11 heavy (non-hydrogen) atoms. The molecular weight excluding hydrogens is 142 g/mol. The number of amides is 1. The molecule has 0 spiro atoms. The third kappa shape index (κ3) is 2.16. The predicted molar refractivity (Wildman–Crippen MR) is 41.7 cm³/mol. The molecule has 0 atom stereocenters. The summed E-state index contributed by atoms with van der Waals surface area (Å²) in [5.41, 5.74) is 6.57. The monoisotopic (exact) mass is 154 g/mol. The van der Waals surface area contributed by atoms with Gasteiger partial charge in [-0.05, 0) is 13.0 Å². The SMILES string of the molecule is NC(=O)C=C1CCNCC1=[NH2+]. The fourth-order valence-electron chi connectivity index (χ4n) is 1.06. The maximum Gasteiger partial charge on any atom is 0.241 e. The zero-order valence-corrected chi connectivity index (χ0v) is 6.26. The van der Waals surface area contributed by atoms with E-state index in [2.05, 4.69) is 5.32 Å². The Morgan fingerprint density at radius 1 is 1.73 bits per heavy atom. The Kier molecular flexibility index (Phi) is 2.38. The fourth-order valence-corrected chi connectivity index (χ4v) is 1.06. The van der Waals surface area contributed by atoms with E-state index in [1.54, 1.807) is 0 Å². The van der Waals surface area contributed by atoms with Crippen molar-refractivity contribution in [2.45, 2.75) is 6.42 Å². The Balaban J connectivity index is 2.68. The van der Waals surface area contributed by atoms with Crippen LogP contribution < -0.4 is 16.5 Å². The van der Waals surface area contributed by atoms with Gasteiger partial charge in [-0.3, -0.25) is 10.2 Å². The van der Waals surface area contributed by atoms with E-state index in [-0.39, 0.29) is 0 Å². The molecule has 0 aromatic rings. The molecular formula is C7H12N3O+. The van der Waals surface area contributed by atoms with Crippen LogP contribution in [0.25, 0.3) is 0 Å². The van der Waals surface area contributed by atoms with Crippen LogP contribution in [0.3, 0.4) is 0 Å². The Bertz CT molecular complexity index is 220. The van der Waals surface area contributed by atoms with Crippen LogP contribution in [0, 0.1) is 0 Å². The maximum atomic E-state index is 10.5. The Hall–Kier alpha value is -1.16. The standard InChI is InChI=1S/C7H11N3O/c8-6-4-10-2-1-5(6)3-7(9)11/h3,8,10H,1-2,4H2,(H2,9,11)/p+1. The van der Waals surface area contributed by atoms with E-state index in [0.717, 1.165) is 24.3 Å². The first-order valence-corrected chi connectivity index (χ1v) is 3.52. The number of carbonyl (C=O) groups is 1. The number of nitrogens with one attached hydrogen (secondary N) is 1. The molecule has 1 amide bonds. The van der Waals surface area contributed by atoms with E-state index in [9.17, 15) is 4.79 Å². The predicted octanol–water partition coefficient (Wildman–Crippen LogP) is -2.41. The summed E-state index contributed by atoms with van der Waals surface area (Å²) in [7, 11) is 0. The van der Waals surface area contributed by atoms with Crippen LogP contribution in [0.15, 0.2) is 11.6 Å². The topological polar surface area (TPSA) is 80.7 Å². The first-order valence-electron chi connectivity index (χ1n) is 3.52. The highest BCUT2D eigenvalue weighted by atomic mass is 16.1. The van der Waals surface area contributed by atoms with Crippen LogP contribution in [0.4, 0.5) is 0 Å². The van der Waals surface area contributed by atoms with Gasteiger partial charge in [-0.2, -0.15) is 0 Å². The second-order valence-corrected chi connectivity index (χ2v) is 2.52. The van der Waals surface area contributed by atoms with Crippen LogP contribution in [0.5, 0.6) is 0 Å². The molecule has 1 aliphatic heterocycles. The van der Waals surface area contributed by atoms with Crippen molar-refractivity contribution >= 4 is 11.6 Å². The zero-order chi connectivity index (χ0) is 8.27. The number of carbonyl (C=O) groups excluding carboxylic acids is 1. The van der Waals surface area contributed by atoms with Crippen LogP contribution in [-0.2, 0) is 4.79 Å². The van der Waals surface area contributed by atoms with E-state index >= 15 is 0 Å². The van der Waals surface area contributed by atoms with Crippen molar-refractivity contribution in [2.75, 3.05) is 13.1 Å². The first kappa shape index (κ1) is 7.94. The smallest absolute Gasteiger partial charge is 0.241 e. The van der Waals surface area contributed by atoms with Crippen molar-refractivity contribution in [3.8, 4) is 0 Å². The molecule has 1 rings (SSSR count). The third-order valence-corrected chi connectivity index (χ3v) is 1.62. The van der Waals surface area contributed by atoms with E-state index < -0.39 is 5.91 Å². The number of hydrogen-bond donors (Lipinski definition) is 3. The molecule has 1 aliphatic rings. The molecule has 1 fully saturated rings. The zero-order valence-electron chi connectivity index (χ0n) is 6.26. The van der Waals surface area contributed by atoms with Gasteiger partial charge < -0.3 is 11.1 Å². The summed E-state index contributed by atoms with van der Waals surface area (Å²) in [5, 5.41) is 8.69. The van der Waals surface area contributed by atoms with Crippen molar-refractivity contribution in [1.29, 1.82) is 0 Å². The summed E-state index contributed by atoms with van der Waals surface area (Å²) in [4.78, 5) is 10.5. The lowest BCUT2D eigenvalue weighted by Crippen LogP contribution is -2.50. The molecule has 0 unspecified atom stereocenters. The summed E-state index contributed by atoms with van der Waals surface area (Å²) in [5.74, 6) is -0.426. The largest absolute Gasteiger partial charge is 0.366 e. The summed E-state index contributed by atoms with van der Waals surface area (Å²) >= 11 is 0. The average Bonchev–Trinajstić information content (AvgIpc) is 1.93. The highest BCUT2D eigenvalue weighted by molar-refractivity contribution is 6.03. The molecule has 4 nitrogen and oxygen atoms in total. The Labute approximate surface area is 65.0 Å². The molecule has 1 saturated heterocycles. The van der Waals surface area contributed by atoms with Crippen molar-refractivity contribution in [3.05, 3.63) is 11.6 Å². The number of rotatable bonds is 1. The van der Waals surface area contributed by atoms with Crippen LogP contribution >= 0.6 is 0 Å². The van der Waals surface area contributed by atoms with Gasteiger partial charge in [-0.25, -0.2) is 0 Å². The van der Waals surface area contributed by atoms with E-state index in [1.165, 1.54) is 6.08 Å². The minimum Gasteiger partial charge on any atom is -0.366 e. The molecule has 0 aromatic carbocycles. The normalized spacial score (nSPS) is 22.2. The molecule has 0 radical (unpaired) electrons. The number of piperidine rings is 1. The van der Waals surface area contributed by atoms with E-state index in [0.29, 0.717) is 6.54 Å². The first-order chi connectivity index (χ1) is 5.20. The number of nitrogens with two attached hydrogens (primary N) is 2. The van der Waals surface area contributed by atoms with Gasteiger partial charge in [-0.15, -0.1) is 0 Å². The molecule has 0 aliphatic carbocycles. The maximum absolute atomic E-state index is 10.5. The second kappa shape index (κ2) is 3.30. The number of hydrogen-bond acceptors (Lipinski definition) is 2. The summed E-state index contributed by atoms with van der Waals surface area (Å²) < 4.78 is 0. The van der Waals surface area contributed by atoms with E-state index in [1.807, 2.05) is 0 Å². The molecule has 60 valence electrons. The van der Waals surface area contributed by atoms with Gasteiger partial charge in [0.2, 0.25) is 5.91 Å². The summed E-state index contributed by atoms with van der Waals surface area (Å²) in [6.45, 7) is 1.51. The van der Waals surface area contributed by atoms with Crippen molar-refractivity contribution in [1.82, 2.24) is 5.32 Å². The molecule has 0 bridgehead atoms. The summed E-state index contributed by atoms with van der Waals surface area (Å²) in [6.07, 6.45) is 2.19. The lowest BCUT2D eigenvalue weighted by Gasteiger charge is -2.11. The Morgan fingerprint density at radius 2 is 2.45 bits per heavy atom. The Morgan fingerprint density at radius 3 is 3.00 bits per heavy atom. The van der Waals surface area contributed by atoms with Gasteiger partial charge in [0, 0.05) is 11.6 Å². The van der Waals surface area contributed by atoms with Gasteiger partial charge in [0.1, 0.15) is 0 Å². The van der Waals surface area contributed by atoms with Gasteiger partial charge in [0.15, 0.2) is 5.71 Å². The van der Waals surface area contributed by atoms with Crippen molar-refractivity contribution in [3.63, 3.8) is 0 Å². The van der Waals surface area contributed by atoms with E-state index in [4.69, 9.17) is 11.1 Å². The van der Waals surface area contributed by atoms with Gasteiger partial charge in [-0.1, -0.05) is 0 Å². The second-order valence-electron chi connectivity index (χ2n) is 2.52. The highest BCUT2D eigenvalue weighted by Gasteiger charge is 2.15. The molecule has 5 N–H and O–H groups in total. The van der Waals surface area contributed by atoms with Crippen LogP contribution in [0.1, 0.15) is 6.42 Å². The van der Waals surface area contributed by atoms with Gasteiger partial charge in [0.25, 0.3) is 0 Å². The highest BCUT2D eigenvalue weighted by Crippen LogP contribution is 2.03. The van der Waals surface area contributed by atoms with Crippen molar-refractivity contribution < 1.29 is 10.2 Å². The minimum atomic E-state index is -0.426. The number of primary amides is 1. The van der Waals surface area contributed by atoms with Crippen LogP contribution in [0.2, 0.25) is 0 Å². The lowest BCUT2D eigenvalue weighted by atomic mass is 10.0.